The van der Waals surface area contributed by atoms with Crippen LogP contribution in [0.4, 0.5) is 5.69 Å². The van der Waals surface area contributed by atoms with Crippen molar-refractivity contribution in [2.45, 2.75) is 0 Å². The first-order valence-corrected chi connectivity index (χ1v) is 7.35. The zero-order valence-electron chi connectivity index (χ0n) is 12.5. The highest BCUT2D eigenvalue weighted by Crippen LogP contribution is 2.21. The number of hydrogen-bond acceptors (Lipinski definition) is 5. The molecule has 0 fully saturated rings. The molecule has 0 radical (unpaired) electrons. The van der Waals surface area contributed by atoms with Gasteiger partial charge < -0.3 is 5.32 Å². The molecule has 0 saturated heterocycles. The predicted octanol–water partition coefficient (Wildman–Crippen LogP) is 3.54. The molecule has 1 N–H and O–H groups in total. The Morgan fingerprint density at radius 1 is 0.917 bits per heavy atom. The van der Waals surface area contributed by atoms with Crippen LogP contribution in [0.25, 0.3) is 22.3 Å². The lowest BCUT2D eigenvalue weighted by Crippen LogP contribution is -2.12. The van der Waals surface area contributed by atoms with Crippen molar-refractivity contribution in [2.75, 3.05) is 5.32 Å². The van der Waals surface area contributed by atoms with E-state index in [9.17, 15) is 4.79 Å². The second-order valence-corrected chi connectivity index (χ2v) is 5.19. The third kappa shape index (κ3) is 2.61. The van der Waals surface area contributed by atoms with Crippen molar-refractivity contribution in [3.05, 3.63) is 72.4 Å². The quantitative estimate of drug-likeness (QED) is 0.625. The molecule has 6 nitrogen and oxygen atoms in total. The van der Waals surface area contributed by atoms with Crippen LogP contribution in [-0.4, -0.2) is 21.2 Å². The molecular weight excluding hydrogens is 304 g/mol. The molecule has 0 unspecified atom stereocenters. The zero-order valence-corrected chi connectivity index (χ0v) is 12.5. The van der Waals surface area contributed by atoms with Crippen molar-refractivity contribution >= 4 is 22.6 Å². The smallest absolute Gasteiger partial charge is 0.257 e. The van der Waals surface area contributed by atoms with Gasteiger partial charge in [0.05, 0.1) is 16.9 Å². The van der Waals surface area contributed by atoms with Gasteiger partial charge in [0.25, 0.3) is 5.91 Å². The topological polar surface area (TPSA) is 80.9 Å². The molecule has 1 amide bonds. The van der Waals surface area contributed by atoms with Crippen molar-refractivity contribution in [1.82, 2.24) is 15.3 Å². The van der Waals surface area contributed by atoms with Crippen LogP contribution >= 0.6 is 0 Å². The van der Waals surface area contributed by atoms with Crippen LogP contribution in [0.3, 0.4) is 0 Å². The minimum absolute atomic E-state index is 0.266. The second kappa shape index (κ2) is 5.92. The van der Waals surface area contributed by atoms with Crippen molar-refractivity contribution in [3.8, 4) is 11.3 Å². The van der Waals surface area contributed by atoms with E-state index in [0.29, 0.717) is 22.3 Å². The van der Waals surface area contributed by atoms with Gasteiger partial charge in [-0.3, -0.25) is 9.78 Å². The molecule has 0 atom stereocenters. The fraction of sp³-hybridized carbons (Fsp3) is 0. The average Bonchev–Trinajstić information content (AvgIpc) is 3.12. The molecule has 0 aliphatic carbocycles. The lowest BCUT2D eigenvalue weighted by Gasteiger charge is -2.06. The summed E-state index contributed by atoms with van der Waals surface area (Å²) in [6.07, 6.45) is 1.55. The van der Waals surface area contributed by atoms with E-state index in [1.54, 1.807) is 30.5 Å². The highest BCUT2D eigenvalue weighted by Gasteiger charge is 2.11. The zero-order chi connectivity index (χ0) is 16.4. The number of pyridine rings is 1. The number of amides is 1. The molecule has 0 spiro atoms. The molecule has 4 rings (SSSR count). The molecular formula is C18H12N4O2. The SMILES string of the molecule is O=C(Nc1cccc2nonc12)c1ccc(-c2ccccc2)nc1. The van der Waals surface area contributed by atoms with Crippen molar-refractivity contribution < 1.29 is 9.42 Å². The Bertz CT molecular complexity index is 994. The normalized spacial score (nSPS) is 10.7. The minimum Gasteiger partial charge on any atom is -0.320 e. The second-order valence-electron chi connectivity index (χ2n) is 5.19. The van der Waals surface area contributed by atoms with E-state index in [-0.39, 0.29) is 5.91 Å². The summed E-state index contributed by atoms with van der Waals surface area (Å²) in [6, 6.07) is 18.6. The molecule has 0 bridgehead atoms. The molecule has 116 valence electrons. The van der Waals surface area contributed by atoms with Gasteiger partial charge in [-0.2, -0.15) is 0 Å². The van der Waals surface area contributed by atoms with Crippen LogP contribution in [0.5, 0.6) is 0 Å². The van der Waals surface area contributed by atoms with Crippen LogP contribution < -0.4 is 5.32 Å². The monoisotopic (exact) mass is 316 g/mol. The summed E-state index contributed by atoms with van der Waals surface area (Å²) in [5.41, 5.74) is 3.93. The first-order chi connectivity index (χ1) is 11.8. The van der Waals surface area contributed by atoms with Crippen LogP contribution in [0.2, 0.25) is 0 Å². The number of rotatable bonds is 3. The maximum Gasteiger partial charge on any atom is 0.257 e. The Balaban J connectivity index is 1.58. The molecule has 24 heavy (non-hydrogen) atoms. The van der Waals surface area contributed by atoms with Gasteiger partial charge in [0.2, 0.25) is 0 Å². The molecule has 2 aromatic heterocycles. The van der Waals surface area contributed by atoms with E-state index in [4.69, 9.17) is 4.63 Å². The molecule has 2 aromatic carbocycles. The summed E-state index contributed by atoms with van der Waals surface area (Å²) in [6.45, 7) is 0. The number of nitrogens with one attached hydrogen (secondary N) is 1. The number of hydrogen-bond donors (Lipinski definition) is 1. The summed E-state index contributed by atoms with van der Waals surface area (Å²) in [7, 11) is 0. The molecule has 0 aliphatic heterocycles. The Hall–Kier alpha value is -3.54. The maximum atomic E-state index is 12.4. The van der Waals surface area contributed by atoms with E-state index in [1.165, 1.54) is 0 Å². The third-order valence-electron chi connectivity index (χ3n) is 3.63. The first kappa shape index (κ1) is 14.1. The summed E-state index contributed by atoms with van der Waals surface area (Å²) in [5.74, 6) is -0.266. The number of aromatic nitrogens is 3. The largest absolute Gasteiger partial charge is 0.320 e. The van der Waals surface area contributed by atoms with Crippen molar-refractivity contribution in [2.24, 2.45) is 0 Å². The van der Waals surface area contributed by atoms with E-state index in [0.717, 1.165) is 11.3 Å². The number of nitrogens with zero attached hydrogens (tertiary/aromatic N) is 3. The average molecular weight is 316 g/mol. The Kier molecular flexibility index (Phi) is 3.47. The fourth-order valence-electron chi connectivity index (χ4n) is 2.41. The summed E-state index contributed by atoms with van der Waals surface area (Å²) in [4.78, 5) is 16.8. The first-order valence-electron chi connectivity index (χ1n) is 7.35. The van der Waals surface area contributed by atoms with Crippen molar-refractivity contribution in [1.29, 1.82) is 0 Å². The van der Waals surface area contributed by atoms with Gasteiger partial charge in [-0.05, 0) is 34.6 Å². The van der Waals surface area contributed by atoms with E-state index in [2.05, 4.69) is 20.6 Å². The predicted molar refractivity (Wildman–Crippen MR) is 89.4 cm³/mol. The number of anilines is 1. The summed E-state index contributed by atoms with van der Waals surface area (Å²) >= 11 is 0. The lowest BCUT2D eigenvalue weighted by atomic mass is 10.1. The molecule has 0 saturated carbocycles. The van der Waals surface area contributed by atoms with Gasteiger partial charge in [-0.15, -0.1) is 0 Å². The maximum absolute atomic E-state index is 12.4. The summed E-state index contributed by atoms with van der Waals surface area (Å²) < 4.78 is 4.69. The third-order valence-corrected chi connectivity index (χ3v) is 3.63. The van der Waals surface area contributed by atoms with Gasteiger partial charge in [0, 0.05) is 11.8 Å². The van der Waals surface area contributed by atoms with Gasteiger partial charge in [-0.1, -0.05) is 36.4 Å². The fourth-order valence-corrected chi connectivity index (χ4v) is 2.41. The summed E-state index contributed by atoms with van der Waals surface area (Å²) in [5, 5.41) is 10.4. The molecule has 4 aromatic rings. The molecule has 2 heterocycles. The van der Waals surface area contributed by atoms with Crippen LogP contribution in [0, 0.1) is 0 Å². The highest BCUT2D eigenvalue weighted by atomic mass is 16.6. The Labute approximate surface area is 137 Å². The number of carbonyl (C=O) groups is 1. The van der Waals surface area contributed by atoms with Crippen LogP contribution in [0.15, 0.2) is 71.5 Å². The van der Waals surface area contributed by atoms with E-state index < -0.39 is 0 Å². The number of fused-ring (bicyclic) bond motifs is 1. The molecule has 6 heteroatoms. The van der Waals surface area contributed by atoms with Gasteiger partial charge in [-0.25, -0.2) is 4.63 Å². The number of carbonyl (C=O) groups excluding carboxylic acids is 1. The standard InChI is InChI=1S/C18H12N4O2/c23-18(20-15-7-4-8-16-17(15)22-24-21-16)13-9-10-14(19-11-13)12-5-2-1-3-6-12/h1-11H,(H,20,23). The van der Waals surface area contributed by atoms with Crippen molar-refractivity contribution in [3.63, 3.8) is 0 Å². The van der Waals surface area contributed by atoms with Gasteiger partial charge >= 0.3 is 0 Å². The van der Waals surface area contributed by atoms with E-state index >= 15 is 0 Å². The Morgan fingerprint density at radius 3 is 2.58 bits per heavy atom. The molecule has 0 aliphatic rings. The van der Waals surface area contributed by atoms with Crippen LogP contribution in [-0.2, 0) is 0 Å². The lowest BCUT2D eigenvalue weighted by molar-refractivity contribution is 0.102. The van der Waals surface area contributed by atoms with E-state index in [1.807, 2.05) is 36.4 Å². The number of benzene rings is 2. The minimum atomic E-state index is -0.266. The Morgan fingerprint density at radius 2 is 1.79 bits per heavy atom. The van der Waals surface area contributed by atoms with Gasteiger partial charge in [0.1, 0.15) is 5.52 Å². The highest BCUT2D eigenvalue weighted by molar-refractivity contribution is 6.07. The van der Waals surface area contributed by atoms with Crippen LogP contribution in [0.1, 0.15) is 10.4 Å². The van der Waals surface area contributed by atoms with Gasteiger partial charge in [0.15, 0.2) is 5.52 Å².